The summed E-state index contributed by atoms with van der Waals surface area (Å²) < 4.78 is 10.4. The number of nitrogens with zero attached hydrogens (tertiary/aromatic N) is 2. The van der Waals surface area contributed by atoms with Crippen molar-refractivity contribution < 1.29 is 14.1 Å². The molecule has 0 spiro atoms. The van der Waals surface area contributed by atoms with Gasteiger partial charge in [0.05, 0.1) is 6.54 Å². The minimum Gasteiger partial charge on any atom is -0.371 e. The first-order valence-electron chi connectivity index (χ1n) is 6.88. The first-order chi connectivity index (χ1) is 9.38. The van der Waals surface area contributed by atoms with Crippen molar-refractivity contribution in [2.24, 2.45) is 0 Å². The number of carbonyl (C=O) groups excluding carboxylic acids is 1. The Hall–Kier alpha value is -1.63. The normalized spacial score (nSPS) is 13.1. The van der Waals surface area contributed by atoms with Crippen LogP contribution in [0.15, 0.2) is 4.52 Å². The summed E-state index contributed by atoms with van der Waals surface area (Å²) in [5.74, 6) is 0.842. The number of aromatic nitrogens is 2. The van der Waals surface area contributed by atoms with Crippen molar-refractivity contribution in [2.45, 2.75) is 59.2 Å². The molecule has 0 fully saturated rings. The number of nitrogens with one attached hydrogen (secondary N) is 2. The lowest BCUT2D eigenvalue weighted by Crippen LogP contribution is -2.47. The van der Waals surface area contributed by atoms with Crippen molar-refractivity contribution in [3.8, 4) is 0 Å². The lowest BCUT2D eigenvalue weighted by Gasteiger charge is -2.24. The van der Waals surface area contributed by atoms with E-state index in [1.54, 1.807) is 0 Å². The van der Waals surface area contributed by atoms with Crippen LogP contribution >= 0.6 is 0 Å². The second kappa shape index (κ2) is 7.23. The van der Waals surface area contributed by atoms with Crippen LogP contribution < -0.4 is 10.6 Å². The third-order valence-corrected chi connectivity index (χ3v) is 3.00. The van der Waals surface area contributed by atoms with Gasteiger partial charge in [0, 0.05) is 12.1 Å². The summed E-state index contributed by atoms with van der Waals surface area (Å²) in [6, 6.07) is -0.255. The number of rotatable bonds is 7. The second-order valence-corrected chi connectivity index (χ2v) is 5.19. The summed E-state index contributed by atoms with van der Waals surface area (Å²) in [6.07, 6.45) is 0.627. The first kappa shape index (κ1) is 16.4. The summed E-state index contributed by atoms with van der Waals surface area (Å²) in [6.45, 7) is 10.5. The SMILES string of the molecule is CCO[C@H](C)c1noc(CNC(=O)NC(C)(C)CC)n1. The molecule has 2 amide bonds. The first-order valence-corrected chi connectivity index (χ1v) is 6.88. The Labute approximate surface area is 119 Å². The Morgan fingerprint density at radius 3 is 2.75 bits per heavy atom. The molecular weight excluding hydrogens is 260 g/mol. The number of hydrogen-bond acceptors (Lipinski definition) is 5. The van der Waals surface area contributed by atoms with E-state index in [2.05, 4.69) is 20.8 Å². The average molecular weight is 284 g/mol. The molecule has 0 aromatic carbocycles. The van der Waals surface area contributed by atoms with Crippen molar-refractivity contribution in [3.05, 3.63) is 11.7 Å². The maximum atomic E-state index is 11.7. The molecule has 0 aliphatic heterocycles. The summed E-state index contributed by atoms with van der Waals surface area (Å²) in [5, 5.41) is 9.37. The molecule has 1 heterocycles. The fourth-order valence-corrected chi connectivity index (χ4v) is 1.43. The monoisotopic (exact) mass is 284 g/mol. The second-order valence-electron chi connectivity index (χ2n) is 5.19. The molecule has 0 aliphatic rings. The fraction of sp³-hybridized carbons (Fsp3) is 0.769. The predicted molar refractivity (Wildman–Crippen MR) is 74.1 cm³/mol. The Bertz CT molecular complexity index is 431. The van der Waals surface area contributed by atoms with E-state index in [4.69, 9.17) is 9.26 Å². The maximum Gasteiger partial charge on any atom is 0.315 e. The number of amides is 2. The molecule has 0 saturated carbocycles. The summed E-state index contributed by atoms with van der Waals surface area (Å²) in [4.78, 5) is 15.9. The summed E-state index contributed by atoms with van der Waals surface area (Å²) >= 11 is 0. The van der Waals surface area contributed by atoms with Gasteiger partial charge in [-0.25, -0.2) is 4.79 Å². The Balaban J connectivity index is 2.44. The highest BCUT2D eigenvalue weighted by Gasteiger charge is 2.18. The lowest BCUT2D eigenvalue weighted by atomic mass is 10.0. The summed E-state index contributed by atoms with van der Waals surface area (Å²) in [7, 11) is 0. The Morgan fingerprint density at radius 2 is 2.15 bits per heavy atom. The van der Waals surface area contributed by atoms with E-state index < -0.39 is 0 Å². The topological polar surface area (TPSA) is 89.3 Å². The van der Waals surface area contributed by atoms with Crippen molar-refractivity contribution >= 4 is 6.03 Å². The molecular formula is C13H24N4O3. The van der Waals surface area contributed by atoms with E-state index in [1.807, 2.05) is 34.6 Å². The zero-order valence-electron chi connectivity index (χ0n) is 12.8. The van der Waals surface area contributed by atoms with Gasteiger partial charge in [-0.2, -0.15) is 4.98 Å². The zero-order valence-corrected chi connectivity index (χ0v) is 12.8. The van der Waals surface area contributed by atoms with E-state index >= 15 is 0 Å². The standard InChI is InChI=1S/C13H24N4O3/c1-6-13(4,5)16-12(18)14-8-10-15-11(17-20-10)9(3)19-7-2/h9H,6-8H2,1-5H3,(H2,14,16,18)/t9-/m1/s1. The van der Waals surface area contributed by atoms with Crippen LogP contribution in [0, 0.1) is 0 Å². The fourth-order valence-electron chi connectivity index (χ4n) is 1.43. The van der Waals surface area contributed by atoms with Gasteiger partial charge in [0.1, 0.15) is 6.10 Å². The van der Waals surface area contributed by atoms with Crippen molar-refractivity contribution in [3.63, 3.8) is 0 Å². The van der Waals surface area contributed by atoms with Crippen LogP contribution in [0.25, 0.3) is 0 Å². The van der Waals surface area contributed by atoms with Gasteiger partial charge in [0.2, 0.25) is 5.89 Å². The molecule has 0 aliphatic carbocycles. The molecule has 1 atom stereocenters. The van der Waals surface area contributed by atoms with E-state index in [-0.39, 0.29) is 24.2 Å². The number of carbonyl (C=O) groups is 1. The quantitative estimate of drug-likeness (QED) is 0.800. The predicted octanol–water partition coefficient (Wildman–Crippen LogP) is 2.15. The van der Waals surface area contributed by atoms with Gasteiger partial charge in [-0.05, 0) is 34.1 Å². The highest BCUT2D eigenvalue weighted by Crippen LogP contribution is 2.12. The summed E-state index contributed by atoms with van der Waals surface area (Å²) in [5.41, 5.74) is -0.242. The molecule has 1 aromatic heterocycles. The van der Waals surface area contributed by atoms with Crippen LogP contribution in [-0.4, -0.2) is 28.3 Å². The highest BCUT2D eigenvalue weighted by atomic mass is 16.5. The van der Waals surface area contributed by atoms with E-state index in [9.17, 15) is 4.79 Å². The molecule has 0 bridgehead atoms. The molecule has 0 unspecified atom stereocenters. The molecule has 20 heavy (non-hydrogen) atoms. The van der Waals surface area contributed by atoms with Crippen molar-refractivity contribution in [1.29, 1.82) is 0 Å². The van der Waals surface area contributed by atoms with Crippen LogP contribution in [0.4, 0.5) is 4.79 Å². The molecule has 0 radical (unpaired) electrons. The van der Waals surface area contributed by atoms with Crippen LogP contribution in [0.3, 0.4) is 0 Å². The van der Waals surface area contributed by atoms with Gasteiger partial charge < -0.3 is 19.9 Å². The third kappa shape index (κ3) is 5.16. The Kier molecular flexibility index (Phi) is 5.94. The van der Waals surface area contributed by atoms with E-state index in [1.165, 1.54) is 0 Å². The number of ether oxygens (including phenoxy) is 1. The molecule has 1 rings (SSSR count). The molecule has 1 aromatic rings. The highest BCUT2D eigenvalue weighted by molar-refractivity contribution is 5.74. The molecule has 7 nitrogen and oxygen atoms in total. The molecule has 7 heteroatoms. The maximum absolute atomic E-state index is 11.7. The van der Waals surface area contributed by atoms with Gasteiger partial charge >= 0.3 is 6.03 Å². The number of hydrogen-bond donors (Lipinski definition) is 2. The van der Waals surface area contributed by atoms with Gasteiger partial charge in [0.15, 0.2) is 5.82 Å². The van der Waals surface area contributed by atoms with Gasteiger partial charge in [-0.3, -0.25) is 0 Å². The van der Waals surface area contributed by atoms with E-state index in [0.29, 0.717) is 18.3 Å². The Morgan fingerprint density at radius 1 is 1.45 bits per heavy atom. The van der Waals surface area contributed by atoms with Crippen LogP contribution in [-0.2, 0) is 11.3 Å². The molecule has 114 valence electrons. The van der Waals surface area contributed by atoms with Crippen molar-refractivity contribution in [2.75, 3.05) is 6.61 Å². The van der Waals surface area contributed by atoms with Gasteiger partial charge in [-0.1, -0.05) is 12.1 Å². The van der Waals surface area contributed by atoms with Crippen LogP contribution in [0.1, 0.15) is 58.9 Å². The van der Waals surface area contributed by atoms with Crippen LogP contribution in [0.2, 0.25) is 0 Å². The third-order valence-electron chi connectivity index (χ3n) is 3.00. The van der Waals surface area contributed by atoms with Crippen LogP contribution in [0.5, 0.6) is 0 Å². The van der Waals surface area contributed by atoms with Gasteiger partial charge in [-0.15, -0.1) is 0 Å². The van der Waals surface area contributed by atoms with E-state index in [0.717, 1.165) is 6.42 Å². The molecule has 0 saturated heterocycles. The largest absolute Gasteiger partial charge is 0.371 e. The smallest absolute Gasteiger partial charge is 0.315 e. The minimum atomic E-state index is -0.255. The zero-order chi connectivity index (χ0) is 15.2. The van der Waals surface area contributed by atoms with Gasteiger partial charge in [0.25, 0.3) is 0 Å². The number of urea groups is 1. The average Bonchev–Trinajstić information content (AvgIpc) is 2.85. The van der Waals surface area contributed by atoms with Crippen molar-refractivity contribution in [1.82, 2.24) is 20.8 Å². The minimum absolute atomic E-state index is 0.192. The lowest BCUT2D eigenvalue weighted by molar-refractivity contribution is 0.0683. The molecule has 2 N–H and O–H groups in total.